The van der Waals surface area contributed by atoms with E-state index >= 15 is 0 Å². The van der Waals surface area contributed by atoms with Crippen molar-refractivity contribution in [2.24, 2.45) is 5.73 Å². The van der Waals surface area contributed by atoms with Crippen LogP contribution in [0.25, 0.3) is 10.9 Å². The summed E-state index contributed by atoms with van der Waals surface area (Å²) in [7, 11) is 0. The van der Waals surface area contributed by atoms with Crippen LogP contribution in [0, 0.1) is 0 Å². The number of alkyl halides is 3. The molecule has 10 nitrogen and oxygen atoms in total. The molecular weight excluding hydrogens is 634 g/mol. The highest BCUT2D eigenvalue weighted by Crippen LogP contribution is 2.39. The number of halogens is 5. The predicted octanol–water partition coefficient (Wildman–Crippen LogP) is 3.84. The Kier molecular flexibility index (Phi) is 10.7. The van der Waals surface area contributed by atoms with Crippen LogP contribution in [0.2, 0.25) is 10.0 Å². The number of H-pyrrole nitrogens is 1. The van der Waals surface area contributed by atoms with Gasteiger partial charge in [-0.15, -0.1) is 0 Å². The average molecular weight is 665 g/mol. The van der Waals surface area contributed by atoms with E-state index in [-0.39, 0.29) is 60.7 Å². The zero-order chi connectivity index (χ0) is 31.5. The van der Waals surface area contributed by atoms with Crippen molar-refractivity contribution in [2.75, 3.05) is 32.0 Å². The summed E-state index contributed by atoms with van der Waals surface area (Å²) >= 11 is 11.2. The number of ether oxygens (including phenoxy) is 1. The van der Waals surface area contributed by atoms with Crippen molar-refractivity contribution < 1.29 is 27.3 Å². The molecule has 1 fully saturated rings. The molecule has 3 aromatic rings. The van der Waals surface area contributed by atoms with E-state index in [2.05, 4.69) is 10.3 Å². The van der Waals surface area contributed by atoms with Crippen molar-refractivity contribution in [1.82, 2.24) is 19.8 Å². The average Bonchev–Trinajstić information content (AvgIpc) is 2.95. The highest BCUT2D eigenvalue weighted by atomic mass is 35.5. The minimum absolute atomic E-state index is 0.0301. The monoisotopic (exact) mass is 663 g/mol. The molecule has 0 aliphatic carbocycles. The first-order valence-electron chi connectivity index (χ1n) is 13.4. The Morgan fingerprint density at radius 2 is 2.00 bits per heavy atom. The summed E-state index contributed by atoms with van der Waals surface area (Å²) in [6.45, 7) is 1.91. The molecule has 16 heteroatoms. The fourth-order valence-corrected chi connectivity index (χ4v) is 6.52. The summed E-state index contributed by atoms with van der Waals surface area (Å²) in [5.41, 5.74) is 2.10. The second-order valence-electron chi connectivity index (χ2n) is 9.99. The van der Waals surface area contributed by atoms with Gasteiger partial charge in [0.25, 0.3) is 5.56 Å². The van der Waals surface area contributed by atoms with Gasteiger partial charge in [-0.1, -0.05) is 23.2 Å². The number of hydrogen-bond acceptors (Lipinski definition) is 7. The number of nitrogens with zero attached hydrogens (tertiary/aromatic N) is 2. The molecule has 2 atom stereocenters. The molecule has 1 amide bonds. The lowest BCUT2D eigenvalue weighted by molar-refractivity contribution is -0.138. The van der Waals surface area contributed by atoms with Crippen molar-refractivity contribution >= 4 is 51.4 Å². The molecule has 1 unspecified atom stereocenters. The second-order valence-corrected chi connectivity index (χ2v) is 12.5. The van der Waals surface area contributed by atoms with Crippen LogP contribution in [0.1, 0.15) is 36.5 Å². The number of amides is 1. The minimum Gasteiger partial charge on any atom is -0.611 e. The number of nitrogens with two attached hydrogens (primary N) is 1. The third kappa shape index (κ3) is 7.67. The Balaban J connectivity index is 1.73. The summed E-state index contributed by atoms with van der Waals surface area (Å²) in [4.78, 5) is 43.1. The van der Waals surface area contributed by atoms with Gasteiger partial charge in [-0.3, -0.25) is 14.3 Å². The SMILES string of the molecule is CC[S+]([O-])c1ccc(Cl)cc1Cn1c(=O)[nH]c2c(Cl)c(CN3CCC[C@@H](NC(=O)OCCN)C3)c(C(F)(F)F)cc2c1=O. The molecule has 4 N–H and O–H groups in total. The topological polar surface area (TPSA) is 146 Å². The van der Waals surface area contributed by atoms with Crippen molar-refractivity contribution in [3.8, 4) is 0 Å². The summed E-state index contributed by atoms with van der Waals surface area (Å²) in [5.74, 6) is 0.261. The number of rotatable bonds is 9. The lowest BCUT2D eigenvalue weighted by Crippen LogP contribution is -2.47. The summed E-state index contributed by atoms with van der Waals surface area (Å²) in [6.07, 6.45) is -4.36. The van der Waals surface area contributed by atoms with Crippen LogP contribution in [0.4, 0.5) is 18.0 Å². The van der Waals surface area contributed by atoms with Gasteiger partial charge < -0.3 is 25.3 Å². The largest absolute Gasteiger partial charge is 0.611 e. The van der Waals surface area contributed by atoms with Crippen LogP contribution in [0.5, 0.6) is 0 Å². The first-order valence-corrected chi connectivity index (χ1v) is 15.5. The Morgan fingerprint density at radius 3 is 2.67 bits per heavy atom. The highest BCUT2D eigenvalue weighted by molar-refractivity contribution is 7.91. The van der Waals surface area contributed by atoms with Gasteiger partial charge in [0, 0.05) is 36.3 Å². The molecule has 1 saturated heterocycles. The number of benzene rings is 2. The van der Waals surface area contributed by atoms with E-state index in [0.717, 1.165) is 4.57 Å². The van der Waals surface area contributed by atoms with Crippen LogP contribution in [0.3, 0.4) is 0 Å². The molecule has 0 bridgehead atoms. The number of aromatic nitrogens is 2. The number of likely N-dealkylation sites (tertiary alicyclic amines) is 1. The standard InChI is InChI=1S/C27H30Cl2F3N5O5S/c1-2-43(41)21-6-5-16(28)10-15(21)12-37-24(38)18-11-20(27(30,31)32)19(22(29)23(18)35-25(37)39)14-36-8-3-4-17(13-36)34-26(40)42-9-7-33/h5-6,10-11,17H,2-4,7-9,12-14,33H2,1H3,(H,34,40)(H,35,39)/t17-,43?/m1/s1. The van der Waals surface area contributed by atoms with E-state index in [1.165, 1.54) is 18.2 Å². The van der Waals surface area contributed by atoms with Crippen molar-refractivity contribution in [1.29, 1.82) is 0 Å². The molecule has 2 heterocycles. The molecule has 1 aliphatic heterocycles. The maximum Gasteiger partial charge on any atom is 0.416 e. The van der Waals surface area contributed by atoms with Crippen LogP contribution in [-0.2, 0) is 35.2 Å². The molecule has 43 heavy (non-hydrogen) atoms. The number of piperidine rings is 1. The van der Waals surface area contributed by atoms with Gasteiger partial charge >= 0.3 is 18.0 Å². The summed E-state index contributed by atoms with van der Waals surface area (Å²) in [5, 5.41) is 2.12. The van der Waals surface area contributed by atoms with Gasteiger partial charge in [0.15, 0.2) is 4.90 Å². The van der Waals surface area contributed by atoms with Gasteiger partial charge in [0.2, 0.25) is 0 Å². The van der Waals surface area contributed by atoms with Crippen molar-refractivity contribution in [3.63, 3.8) is 0 Å². The number of hydrogen-bond donors (Lipinski definition) is 3. The maximum absolute atomic E-state index is 14.4. The third-order valence-electron chi connectivity index (χ3n) is 7.04. The number of carbonyl (C=O) groups is 1. The number of aromatic amines is 1. The Morgan fingerprint density at radius 1 is 1.26 bits per heavy atom. The van der Waals surface area contributed by atoms with Gasteiger partial charge in [-0.2, -0.15) is 13.2 Å². The number of fused-ring (bicyclic) bond motifs is 1. The Labute approximate surface area is 257 Å². The smallest absolute Gasteiger partial charge is 0.416 e. The normalized spacial score (nSPS) is 16.8. The third-order valence-corrected chi connectivity index (χ3v) is 9.11. The molecule has 0 radical (unpaired) electrons. The van der Waals surface area contributed by atoms with Crippen molar-refractivity contribution in [3.05, 3.63) is 71.8 Å². The zero-order valence-corrected chi connectivity index (χ0v) is 25.4. The van der Waals surface area contributed by atoms with E-state index in [0.29, 0.717) is 35.9 Å². The molecule has 4 rings (SSSR count). The number of alkyl carbamates (subject to hydrolysis) is 1. The van der Waals surface area contributed by atoms with Gasteiger partial charge in [-0.05, 0) is 67.3 Å². The van der Waals surface area contributed by atoms with E-state index in [1.54, 1.807) is 11.8 Å². The van der Waals surface area contributed by atoms with Gasteiger partial charge in [-0.25, -0.2) is 9.59 Å². The Bertz CT molecular complexity index is 1620. The second kappa shape index (κ2) is 13.9. The van der Waals surface area contributed by atoms with E-state index < -0.39 is 50.7 Å². The van der Waals surface area contributed by atoms with E-state index in [4.69, 9.17) is 33.7 Å². The molecule has 2 aromatic carbocycles. The number of carbonyl (C=O) groups excluding carboxylic acids is 1. The highest BCUT2D eigenvalue weighted by Gasteiger charge is 2.37. The summed E-state index contributed by atoms with van der Waals surface area (Å²) < 4.78 is 61.3. The fourth-order valence-electron chi connectivity index (χ4n) is 5.07. The quantitative estimate of drug-likeness (QED) is 0.295. The Hall–Kier alpha value is -2.75. The maximum atomic E-state index is 14.4. The minimum atomic E-state index is -4.88. The number of nitrogens with one attached hydrogen (secondary N) is 2. The van der Waals surface area contributed by atoms with Crippen molar-refractivity contribution in [2.45, 2.75) is 50.0 Å². The predicted molar refractivity (Wildman–Crippen MR) is 158 cm³/mol. The van der Waals surface area contributed by atoms with Gasteiger partial charge in [0.05, 0.1) is 28.0 Å². The van der Waals surface area contributed by atoms with Crippen LogP contribution in [-0.4, -0.2) is 63.1 Å². The lowest BCUT2D eigenvalue weighted by Gasteiger charge is -2.33. The van der Waals surface area contributed by atoms with Gasteiger partial charge in [0.1, 0.15) is 12.4 Å². The molecule has 234 valence electrons. The molecule has 1 aliphatic rings. The molecule has 0 saturated carbocycles. The van der Waals surface area contributed by atoms with E-state index in [9.17, 15) is 32.1 Å². The molecule has 1 aromatic heterocycles. The van der Waals surface area contributed by atoms with Crippen LogP contribution in [0.15, 0.2) is 38.8 Å². The molecule has 0 spiro atoms. The molecular formula is C27H30Cl2F3N5O5S. The van der Waals surface area contributed by atoms with Crippen LogP contribution >= 0.6 is 23.2 Å². The lowest BCUT2D eigenvalue weighted by atomic mass is 10.0. The first kappa shape index (κ1) is 33.1. The first-order chi connectivity index (χ1) is 20.3. The fraction of sp³-hybridized carbons (Fsp3) is 0.444. The summed E-state index contributed by atoms with van der Waals surface area (Å²) in [6, 6.07) is 4.81. The van der Waals surface area contributed by atoms with Crippen LogP contribution < -0.4 is 22.3 Å². The van der Waals surface area contributed by atoms with E-state index in [1.807, 2.05) is 0 Å². The zero-order valence-electron chi connectivity index (χ0n) is 23.1.